The van der Waals surface area contributed by atoms with E-state index in [1.807, 2.05) is 12.1 Å². The molecule has 0 radical (unpaired) electrons. The number of hydrogen-bond donors (Lipinski definition) is 2. The molecule has 0 spiro atoms. The molecular weight excluding hydrogens is 236 g/mol. The summed E-state index contributed by atoms with van der Waals surface area (Å²) in [6, 6.07) is 16.9. The van der Waals surface area contributed by atoms with E-state index in [0.717, 1.165) is 18.5 Å². The van der Waals surface area contributed by atoms with Crippen molar-refractivity contribution in [2.45, 2.75) is 12.5 Å². The van der Waals surface area contributed by atoms with Gasteiger partial charge >= 0.3 is 0 Å². The lowest BCUT2D eigenvalue weighted by Crippen LogP contribution is -2.25. The van der Waals surface area contributed by atoms with Crippen LogP contribution in [0.3, 0.4) is 0 Å². The smallest absolute Gasteiger partial charge is 0.207 e. The van der Waals surface area contributed by atoms with Crippen molar-refractivity contribution in [1.29, 1.82) is 0 Å². The molecule has 2 aromatic rings. The molecule has 0 aliphatic carbocycles. The van der Waals surface area contributed by atoms with Gasteiger partial charge in [-0.15, -0.1) is 0 Å². The van der Waals surface area contributed by atoms with Gasteiger partial charge in [-0.25, -0.2) is 0 Å². The summed E-state index contributed by atoms with van der Waals surface area (Å²) in [5.41, 5.74) is 5.02. The summed E-state index contributed by atoms with van der Waals surface area (Å²) in [4.78, 5) is 10.6. The Hall–Kier alpha value is -2.29. The highest BCUT2D eigenvalue weighted by atomic mass is 16.1. The van der Waals surface area contributed by atoms with Crippen molar-refractivity contribution in [3.05, 3.63) is 65.2 Å². The quantitative estimate of drug-likeness (QED) is 0.824. The van der Waals surface area contributed by atoms with E-state index < -0.39 is 0 Å². The van der Waals surface area contributed by atoms with Gasteiger partial charge in [0.25, 0.3) is 0 Å². The van der Waals surface area contributed by atoms with E-state index in [2.05, 4.69) is 47.0 Å². The number of amides is 1. The molecule has 0 fully saturated rings. The van der Waals surface area contributed by atoms with Crippen LogP contribution in [0.1, 0.15) is 22.7 Å². The van der Waals surface area contributed by atoms with Gasteiger partial charge in [0, 0.05) is 12.2 Å². The number of carbonyl (C=O) groups is 1. The van der Waals surface area contributed by atoms with Crippen LogP contribution in [0.5, 0.6) is 0 Å². The van der Waals surface area contributed by atoms with E-state index in [4.69, 9.17) is 0 Å². The van der Waals surface area contributed by atoms with Crippen molar-refractivity contribution in [1.82, 2.24) is 5.32 Å². The molecule has 0 saturated carbocycles. The third-order valence-corrected chi connectivity index (χ3v) is 3.56. The van der Waals surface area contributed by atoms with Gasteiger partial charge in [0.2, 0.25) is 6.41 Å². The summed E-state index contributed by atoms with van der Waals surface area (Å²) in [6.45, 7) is 0.592. The van der Waals surface area contributed by atoms with Crippen LogP contribution in [0.4, 0.5) is 5.69 Å². The first-order valence-electron chi connectivity index (χ1n) is 6.48. The molecule has 1 aliphatic heterocycles. The third-order valence-electron chi connectivity index (χ3n) is 3.56. The highest BCUT2D eigenvalue weighted by Crippen LogP contribution is 2.31. The molecule has 2 N–H and O–H groups in total. The minimum Gasteiger partial charge on any atom is -0.376 e. The number of nitrogens with one attached hydrogen (secondary N) is 2. The van der Waals surface area contributed by atoms with Crippen molar-refractivity contribution in [2.75, 3.05) is 11.9 Å². The summed E-state index contributed by atoms with van der Waals surface area (Å²) in [6.07, 6.45) is 1.68. The number of hydrogen-bond acceptors (Lipinski definition) is 2. The van der Waals surface area contributed by atoms with Crippen LogP contribution >= 0.6 is 0 Å². The topological polar surface area (TPSA) is 41.1 Å². The maximum absolute atomic E-state index is 10.6. The fourth-order valence-electron chi connectivity index (χ4n) is 2.65. The molecule has 3 nitrogen and oxygen atoms in total. The van der Waals surface area contributed by atoms with Gasteiger partial charge in [0.05, 0.1) is 6.04 Å². The monoisotopic (exact) mass is 252 g/mol. The second kappa shape index (κ2) is 5.14. The Morgan fingerprint density at radius 3 is 2.68 bits per heavy atom. The lowest BCUT2D eigenvalue weighted by Gasteiger charge is -2.19. The molecule has 0 aromatic heterocycles. The molecule has 1 amide bonds. The maximum atomic E-state index is 10.6. The Labute approximate surface area is 112 Å². The fraction of sp³-hybridized carbons (Fsp3) is 0.188. The molecule has 1 aliphatic rings. The molecule has 1 atom stereocenters. The molecule has 19 heavy (non-hydrogen) atoms. The summed E-state index contributed by atoms with van der Waals surface area (Å²) < 4.78 is 0. The Morgan fingerprint density at radius 2 is 1.84 bits per heavy atom. The summed E-state index contributed by atoms with van der Waals surface area (Å²) in [7, 11) is 0. The molecule has 2 aromatic carbocycles. The molecule has 1 heterocycles. The van der Waals surface area contributed by atoms with Crippen LogP contribution in [0.25, 0.3) is 0 Å². The second-order valence-electron chi connectivity index (χ2n) is 4.76. The average molecular weight is 252 g/mol. The van der Waals surface area contributed by atoms with E-state index in [1.165, 1.54) is 16.7 Å². The van der Waals surface area contributed by atoms with Gasteiger partial charge in [0.15, 0.2) is 0 Å². The predicted octanol–water partition coefficient (Wildman–Crippen LogP) is 2.49. The fourth-order valence-corrected chi connectivity index (χ4v) is 2.65. The van der Waals surface area contributed by atoms with Crippen molar-refractivity contribution in [3.63, 3.8) is 0 Å². The van der Waals surface area contributed by atoms with E-state index in [1.54, 1.807) is 0 Å². The Bertz CT molecular complexity index is 595. The minimum absolute atomic E-state index is 0.116. The summed E-state index contributed by atoms with van der Waals surface area (Å²) in [5.74, 6) is 0. The molecule has 0 bridgehead atoms. The Morgan fingerprint density at radius 1 is 1.11 bits per heavy atom. The number of fused-ring (bicyclic) bond motifs is 2. The van der Waals surface area contributed by atoms with Gasteiger partial charge in [0.1, 0.15) is 0 Å². The lowest BCUT2D eigenvalue weighted by molar-refractivity contribution is -0.109. The van der Waals surface area contributed by atoms with E-state index in [-0.39, 0.29) is 6.04 Å². The second-order valence-corrected chi connectivity index (χ2v) is 4.76. The lowest BCUT2D eigenvalue weighted by atomic mass is 9.97. The van der Waals surface area contributed by atoms with E-state index in [9.17, 15) is 4.79 Å². The van der Waals surface area contributed by atoms with Crippen LogP contribution < -0.4 is 10.6 Å². The number of benzene rings is 2. The number of rotatable bonds is 3. The number of carbonyl (C=O) groups excluding carboxylic acids is 1. The standard InChI is InChI=1S/C16H16N2O/c19-11-17-10-16-14-7-3-1-5-12(14)9-13-6-2-4-8-15(13)18-16/h1-8,11,16,18H,9-10H2,(H,17,19). The van der Waals surface area contributed by atoms with Crippen molar-refractivity contribution in [3.8, 4) is 0 Å². The maximum Gasteiger partial charge on any atom is 0.207 e. The summed E-state index contributed by atoms with van der Waals surface area (Å²) >= 11 is 0. The number of anilines is 1. The zero-order chi connectivity index (χ0) is 13.1. The normalized spacial score (nSPS) is 16.5. The van der Waals surface area contributed by atoms with Crippen LogP contribution in [0.15, 0.2) is 48.5 Å². The molecule has 96 valence electrons. The van der Waals surface area contributed by atoms with Gasteiger partial charge < -0.3 is 10.6 Å². The zero-order valence-corrected chi connectivity index (χ0v) is 10.6. The van der Waals surface area contributed by atoms with Gasteiger partial charge in [-0.2, -0.15) is 0 Å². The SMILES string of the molecule is O=CNCC1Nc2ccccc2Cc2ccccc21. The van der Waals surface area contributed by atoms with E-state index >= 15 is 0 Å². The van der Waals surface area contributed by atoms with Crippen LogP contribution in [-0.2, 0) is 11.2 Å². The largest absolute Gasteiger partial charge is 0.376 e. The highest BCUT2D eigenvalue weighted by Gasteiger charge is 2.20. The molecule has 1 unspecified atom stereocenters. The predicted molar refractivity (Wildman–Crippen MR) is 76.1 cm³/mol. The van der Waals surface area contributed by atoms with Crippen LogP contribution in [0.2, 0.25) is 0 Å². The van der Waals surface area contributed by atoms with Crippen molar-refractivity contribution in [2.24, 2.45) is 0 Å². The zero-order valence-electron chi connectivity index (χ0n) is 10.6. The first-order valence-corrected chi connectivity index (χ1v) is 6.48. The molecular formula is C16H16N2O. The van der Waals surface area contributed by atoms with Crippen LogP contribution in [-0.4, -0.2) is 13.0 Å². The third kappa shape index (κ3) is 2.32. The van der Waals surface area contributed by atoms with Gasteiger partial charge in [-0.1, -0.05) is 42.5 Å². The molecule has 3 rings (SSSR count). The van der Waals surface area contributed by atoms with Crippen molar-refractivity contribution < 1.29 is 4.79 Å². The highest BCUT2D eigenvalue weighted by molar-refractivity contribution is 5.58. The van der Waals surface area contributed by atoms with Gasteiger partial charge in [-0.3, -0.25) is 4.79 Å². The average Bonchev–Trinajstić information content (AvgIpc) is 2.61. The summed E-state index contributed by atoms with van der Waals surface area (Å²) in [5, 5.41) is 6.30. The van der Waals surface area contributed by atoms with E-state index in [0.29, 0.717) is 6.54 Å². The minimum atomic E-state index is 0.116. The number of para-hydroxylation sites is 1. The first-order chi connectivity index (χ1) is 9.38. The first kappa shape index (κ1) is 11.8. The van der Waals surface area contributed by atoms with Gasteiger partial charge in [-0.05, 0) is 29.2 Å². The Balaban J connectivity index is 2.03. The van der Waals surface area contributed by atoms with Crippen molar-refractivity contribution >= 4 is 12.1 Å². The van der Waals surface area contributed by atoms with Crippen LogP contribution in [0, 0.1) is 0 Å². The molecule has 3 heteroatoms. The Kier molecular flexibility index (Phi) is 3.19. The molecule has 0 saturated heterocycles.